The molecule has 1 aromatic carbocycles. The van der Waals surface area contributed by atoms with Gasteiger partial charge in [0.2, 0.25) is 0 Å². The summed E-state index contributed by atoms with van der Waals surface area (Å²) in [5, 5.41) is 21.9. The molecule has 0 saturated carbocycles. The molecule has 0 aliphatic carbocycles. The Morgan fingerprint density at radius 1 is 1.54 bits per heavy atom. The maximum Gasteiger partial charge on any atom is 0.278 e. The highest BCUT2D eigenvalue weighted by Gasteiger charge is 2.14. The first-order chi connectivity index (χ1) is 6.16. The first-order valence-electron chi connectivity index (χ1n) is 3.59. The van der Waals surface area contributed by atoms with Crippen molar-refractivity contribution >= 4 is 11.4 Å². The minimum absolute atomic E-state index is 0.0576. The van der Waals surface area contributed by atoms with Crippen LogP contribution in [0.5, 0.6) is 0 Å². The lowest BCUT2D eigenvalue weighted by atomic mass is 10.1. The molecule has 0 spiro atoms. The Morgan fingerprint density at radius 2 is 2.15 bits per heavy atom. The molecule has 0 fully saturated rings. The van der Waals surface area contributed by atoms with Crippen LogP contribution in [0.1, 0.15) is 12.5 Å². The lowest BCUT2D eigenvalue weighted by Crippen LogP contribution is -2.00. The third-order valence-corrected chi connectivity index (χ3v) is 1.64. The van der Waals surface area contributed by atoms with Gasteiger partial charge in [0, 0.05) is 6.07 Å². The van der Waals surface area contributed by atoms with Crippen LogP contribution < -0.4 is 0 Å². The highest BCUT2D eigenvalue weighted by atomic mass is 16.6. The van der Waals surface area contributed by atoms with Gasteiger partial charge in [0.1, 0.15) is 0 Å². The Kier molecular flexibility index (Phi) is 2.59. The van der Waals surface area contributed by atoms with E-state index in [-0.39, 0.29) is 11.4 Å². The number of benzene rings is 1. The van der Waals surface area contributed by atoms with Gasteiger partial charge < -0.3 is 5.21 Å². The molecule has 1 aromatic rings. The molecule has 0 saturated heterocycles. The van der Waals surface area contributed by atoms with Crippen LogP contribution in [0.15, 0.2) is 29.4 Å². The molecule has 1 N–H and O–H groups in total. The maximum atomic E-state index is 10.5. The van der Waals surface area contributed by atoms with Crippen molar-refractivity contribution in [1.82, 2.24) is 0 Å². The van der Waals surface area contributed by atoms with Crippen LogP contribution in [0.2, 0.25) is 0 Å². The molecule has 0 unspecified atom stereocenters. The number of nitro benzene ring substituents is 1. The monoisotopic (exact) mass is 180 g/mol. The summed E-state index contributed by atoms with van der Waals surface area (Å²) in [6.45, 7) is 1.50. The SMILES string of the molecule is C/C(=N\O)c1ccccc1[N+](=O)[O-]. The normalized spacial score (nSPS) is 11.3. The van der Waals surface area contributed by atoms with E-state index in [9.17, 15) is 10.1 Å². The molecule has 5 nitrogen and oxygen atoms in total. The maximum absolute atomic E-state index is 10.5. The van der Waals surface area contributed by atoms with Crippen LogP contribution in [0.3, 0.4) is 0 Å². The van der Waals surface area contributed by atoms with Gasteiger partial charge in [-0.15, -0.1) is 0 Å². The second kappa shape index (κ2) is 3.66. The van der Waals surface area contributed by atoms with Crippen LogP contribution in [0.4, 0.5) is 5.69 Å². The van der Waals surface area contributed by atoms with E-state index >= 15 is 0 Å². The van der Waals surface area contributed by atoms with Crippen molar-refractivity contribution in [3.05, 3.63) is 39.9 Å². The van der Waals surface area contributed by atoms with E-state index in [0.29, 0.717) is 5.56 Å². The standard InChI is InChI=1S/C8H8N2O3/c1-6(9-11)7-4-2-3-5-8(7)10(12)13/h2-5,11H,1H3/b9-6+. The zero-order chi connectivity index (χ0) is 9.84. The quantitative estimate of drug-likeness (QED) is 0.326. The molecule has 0 radical (unpaired) electrons. The summed E-state index contributed by atoms with van der Waals surface area (Å²) < 4.78 is 0. The van der Waals surface area contributed by atoms with E-state index in [4.69, 9.17) is 5.21 Å². The Balaban J connectivity index is 3.28. The van der Waals surface area contributed by atoms with Crippen molar-refractivity contribution in [2.45, 2.75) is 6.92 Å². The lowest BCUT2D eigenvalue weighted by molar-refractivity contribution is -0.385. The van der Waals surface area contributed by atoms with E-state index in [1.54, 1.807) is 12.1 Å². The lowest BCUT2D eigenvalue weighted by Gasteiger charge is -1.98. The fraction of sp³-hybridized carbons (Fsp3) is 0.125. The van der Waals surface area contributed by atoms with Crippen LogP contribution in [-0.2, 0) is 0 Å². The molecule has 13 heavy (non-hydrogen) atoms. The molecule has 0 heterocycles. The van der Waals surface area contributed by atoms with Crippen molar-refractivity contribution < 1.29 is 10.1 Å². The molecule has 0 amide bonds. The average Bonchev–Trinajstić information content (AvgIpc) is 2.16. The van der Waals surface area contributed by atoms with Gasteiger partial charge in [-0.25, -0.2) is 0 Å². The van der Waals surface area contributed by atoms with Crippen LogP contribution >= 0.6 is 0 Å². The van der Waals surface area contributed by atoms with E-state index < -0.39 is 4.92 Å². The van der Waals surface area contributed by atoms with Crippen LogP contribution in [0.25, 0.3) is 0 Å². The predicted molar refractivity (Wildman–Crippen MR) is 47.1 cm³/mol. The first-order valence-corrected chi connectivity index (χ1v) is 3.59. The van der Waals surface area contributed by atoms with Gasteiger partial charge in [0.05, 0.1) is 16.2 Å². The summed E-state index contributed by atoms with van der Waals surface area (Å²) in [5.74, 6) is 0. The summed E-state index contributed by atoms with van der Waals surface area (Å²) in [6.07, 6.45) is 0. The van der Waals surface area contributed by atoms with E-state index in [1.807, 2.05) is 0 Å². The third kappa shape index (κ3) is 1.81. The summed E-state index contributed by atoms with van der Waals surface area (Å²) in [6, 6.07) is 6.11. The van der Waals surface area contributed by atoms with Gasteiger partial charge in [-0.2, -0.15) is 0 Å². The number of hydrogen-bond donors (Lipinski definition) is 1. The minimum Gasteiger partial charge on any atom is -0.411 e. The molecule has 0 bridgehead atoms. The van der Waals surface area contributed by atoms with Gasteiger partial charge in [0.15, 0.2) is 0 Å². The summed E-state index contributed by atoms with van der Waals surface area (Å²) in [7, 11) is 0. The fourth-order valence-electron chi connectivity index (χ4n) is 0.993. The zero-order valence-electron chi connectivity index (χ0n) is 6.97. The molecular weight excluding hydrogens is 172 g/mol. The molecule has 0 atom stereocenters. The molecular formula is C8H8N2O3. The number of oxime groups is 1. The fourth-order valence-corrected chi connectivity index (χ4v) is 0.993. The Labute approximate surface area is 74.5 Å². The van der Waals surface area contributed by atoms with Crippen molar-refractivity contribution in [2.75, 3.05) is 0 Å². The smallest absolute Gasteiger partial charge is 0.278 e. The highest BCUT2D eigenvalue weighted by molar-refractivity contribution is 6.01. The molecule has 0 aliphatic heterocycles. The van der Waals surface area contributed by atoms with Gasteiger partial charge in [-0.05, 0) is 13.0 Å². The van der Waals surface area contributed by atoms with E-state index in [1.165, 1.54) is 19.1 Å². The Hall–Kier alpha value is -1.91. The van der Waals surface area contributed by atoms with Crippen LogP contribution in [0, 0.1) is 10.1 Å². The van der Waals surface area contributed by atoms with Gasteiger partial charge >= 0.3 is 0 Å². The van der Waals surface area contributed by atoms with E-state index in [0.717, 1.165) is 0 Å². The molecule has 1 rings (SSSR count). The average molecular weight is 180 g/mol. The summed E-state index contributed by atoms with van der Waals surface area (Å²) in [5.41, 5.74) is 0.500. The van der Waals surface area contributed by atoms with Crippen molar-refractivity contribution in [3.8, 4) is 0 Å². The highest BCUT2D eigenvalue weighted by Crippen LogP contribution is 2.17. The predicted octanol–water partition coefficient (Wildman–Crippen LogP) is 1.79. The second-order valence-electron chi connectivity index (χ2n) is 2.46. The Morgan fingerprint density at radius 3 is 2.69 bits per heavy atom. The largest absolute Gasteiger partial charge is 0.411 e. The minimum atomic E-state index is -0.510. The molecule has 0 aliphatic rings. The van der Waals surface area contributed by atoms with Crippen molar-refractivity contribution in [1.29, 1.82) is 0 Å². The number of nitro groups is 1. The van der Waals surface area contributed by atoms with Gasteiger partial charge in [-0.3, -0.25) is 10.1 Å². The molecule has 0 aromatic heterocycles. The number of rotatable bonds is 2. The number of para-hydroxylation sites is 1. The molecule has 68 valence electrons. The van der Waals surface area contributed by atoms with Crippen molar-refractivity contribution in [3.63, 3.8) is 0 Å². The summed E-state index contributed by atoms with van der Waals surface area (Å²) >= 11 is 0. The second-order valence-corrected chi connectivity index (χ2v) is 2.46. The van der Waals surface area contributed by atoms with Crippen LogP contribution in [-0.4, -0.2) is 15.8 Å². The third-order valence-electron chi connectivity index (χ3n) is 1.64. The number of nitrogens with zero attached hydrogens (tertiary/aromatic N) is 2. The van der Waals surface area contributed by atoms with Gasteiger partial charge in [0.25, 0.3) is 5.69 Å². The number of hydrogen-bond acceptors (Lipinski definition) is 4. The summed E-state index contributed by atoms with van der Waals surface area (Å²) in [4.78, 5) is 10.0. The molecule has 5 heteroatoms. The van der Waals surface area contributed by atoms with E-state index in [2.05, 4.69) is 5.16 Å². The van der Waals surface area contributed by atoms with Crippen molar-refractivity contribution in [2.24, 2.45) is 5.16 Å². The zero-order valence-corrected chi connectivity index (χ0v) is 6.97. The van der Waals surface area contributed by atoms with Gasteiger partial charge in [-0.1, -0.05) is 17.3 Å². The Bertz CT molecular complexity index is 360. The topological polar surface area (TPSA) is 75.7 Å². The first kappa shape index (κ1) is 9.18.